The summed E-state index contributed by atoms with van der Waals surface area (Å²) in [5, 5.41) is 8.77. The fourth-order valence-electron chi connectivity index (χ4n) is 0.842. The molecule has 0 unspecified atom stereocenters. The maximum Gasteiger partial charge on any atom is 0.213 e. The van der Waals surface area contributed by atoms with E-state index in [0.29, 0.717) is 18.4 Å². The molecule has 0 saturated heterocycles. The molecule has 0 saturated carbocycles. The lowest BCUT2D eigenvalue weighted by atomic mass is 10.2. The molecule has 1 aromatic heterocycles. The zero-order chi connectivity index (χ0) is 9.68. The topological polar surface area (TPSA) is 42.4 Å². The Kier molecular flexibility index (Phi) is 3.71. The van der Waals surface area contributed by atoms with Crippen LogP contribution in [0.4, 0.5) is 0 Å². The molecule has 0 aliphatic carbocycles. The van der Waals surface area contributed by atoms with Crippen molar-refractivity contribution in [2.45, 2.75) is 20.5 Å². The molecule has 1 heterocycles. The maximum absolute atomic E-state index is 8.77. The number of aliphatic hydroxyl groups excluding tert-OH is 1. The van der Waals surface area contributed by atoms with Crippen molar-refractivity contribution < 1.29 is 9.84 Å². The van der Waals surface area contributed by atoms with Gasteiger partial charge in [0.1, 0.15) is 0 Å². The molecule has 0 aliphatic rings. The molecule has 72 valence electrons. The highest BCUT2D eigenvalue weighted by Gasteiger charge is 1.97. The Morgan fingerprint density at radius 2 is 2.23 bits per heavy atom. The van der Waals surface area contributed by atoms with E-state index >= 15 is 0 Å². The van der Waals surface area contributed by atoms with Crippen LogP contribution in [-0.4, -0.2) is 16.7 Å². The number of rotatable bonds is 4. The number of aliphatic hydroxyl groups is 1. The molecule has 0 amide bonds. The molecular formula is C10H15NO2. The van der Waals surface area contributed by atoms with Gasteiger partial charge in [-0.3, -0.25) is 0 Å². The van der Waals surface area contributed by atoms with Gasteiger partial charge in [-0.05, 0) is 17.5 Å². The van der Waals surface area contributed by atoms with Crippen molar-refractivity contribution in [3.05, 3.63) is 23.9 Å². The predicted molar refractivity (Wildman–Crippen MR) is 50.5 cm³/mol. The molecule has 13 heavy (non-hydrogen) atoms. The van der Waals surface area contributed by atoms with Crippen LogP contribution >= 0.6 is 0 Å². The van der Waals surface area contributed by atoms with Crippen LogP contribution in [0.25, 0.3) is 0 Å². The summed E-state index contributed by atoms with van der Waals surface area (Å²) in [7, 11) is 0. The van der Waals surface area contributed by atoms with Gasteiger partial charge in [-0.25, -0.2) is 4.98 Å². The first-order valence-electron chi connectivity index (χ1n) is 4.41. The maximum atomic E-state index is 8.77. The lowest BCUT2D eigenvalue weighted by Crippen LogP contribution is -2.05. The minimum absolute atomic E-state index is 0.0253. The highest BCUT2D eigenvalue weighted by atomic mass is 16.5. The molecule has 3 nitrogen and oxygen atoms in total. The largest absolute Gasteiger partial charge is 0.477 e. The fourth-order valence-corrected chi connectivity index (χ4v) is 0.842. The summed E-state index contributed by atoms with van der Waals surface area (Å²) in [6.45, 7) is 4.87. The Labute approximate surface area is 78.4 Å². The second-order valence-corrected chi connectivity index (χ2v) is 3.37. The third-order valence-corrected chi connectivity index (χ3v) is 1.54. The Balaban J connectivity index is 2.49. The normalized spacial score (nSPS) is 10.5. The zero-order valence-corrected chi connectivity index (χ0v) is 8.03. The molecule has 0 radical (unpaired) electrons. The first-order chi connectivity index (χ1) is 6.22. The summed E-state index contributed by atoms with van der Waals surface area (Å²) in [6, 6.07) is 3.58. The lowest BCUT2D eigenvalue weighted by molar-refractivity contribution is 0.259. The predicted octanol–water partition coefficient (Wildman–Crippen LogP) is 1.61. The first kappa shape index (κ1) is 9.99. The molecule has 1 aromatic rings. The summed E-state index contributed by atoms with van der Waals surface area (Å²) < 4.78 is 5.37. The number of hydrogen-bond donors (Lipinski definition) is 1. The highest BCUT2D eigenvalue weighted by molar-refractivity contribution is 5.16. The molecule has 0 bridgehead atoms. The quantitative estimate of drug-likeness (QED) is 0.767. The van der Waals surface area contributed by atoms with Gasteiger partial charge in [0.2, 0.25) is 5.88 Å². The summed E-state index contributed by atoms with van der Waals surface area (Å²) in [5.74, 6) is 1.12. The Bertz CT molecular complexity index is 244. The number of pyridine rings is 1. The van der Waals surface area contributed by atoms with E-state index in [4.69, 9.17) is 9.84 Å². The lowest BCUT2D eigenvalue weighted by Gasteiger charge is -2.07. The molecule has 3 heteroatoms. The van der Waals surface area contributed by atoms with Crippen LogP contribution in [-0.2, 0) is 6.61 Å². The van der Waals surface area contributed by atoms with Gasteiger partial charge in [0.25, 0.3) is 0 Å². The Morgan fingerprint density at radius 1 is 1.46 bits per heavy atom. The van der Waals surface area contributed by atoms with E-state index in [9.17, 15) is 0 Å². The third kappa shape index (κ3) is 3.42. The van der Waals surface area contributed by atoms with Gasteiger partial charge in [0.05, 0.1) is 13.2 Å². The molecule has 0 aromatic carbocycles. The number of aromatic nitrogens is 1. The molecule has 0 atom stereocenters. The van der Waals surface area contributed by atoms with E-state index in [1.54, 1.807) is 12.3 Å². The van der Waals surface area contributed by atoms with Crippen LogP contribution in [0.5, 0.6) is 5.88 Å². The monoisotopic (exact) mass is 181 g/mol. The highest BCUT2D eigenvalue weighted by Crippen LogP contribution is 2.08. The summed E-state index contributed by atoms with van der Waals surface area (Å²) >= 11 is 0. The standard InChI is InChI=1S/C10H15NO2/c1-8(2)7-13-10-4-3-9(6-12)5-11-10/h3-5,8,12H,6-7H2,1-2H3. The van der Waals surface area contributed by atoms with Gasteiger partial charge in [0.15, 0.2) is 0 Å². The fraction of sp³-hybridized carbons (Fsp3) is 0.500. The molecule has 0 aliphatic heterocycles. The van der Waals surface area contributed by atoms with E-state index in [-0.39, 0.29) is 6.61 Å². The minimum Gasteiger partial charge on any atom is -0.477 e. The van der Waals surface area contributed by atoms with Crippen LogP contribution in [0, 0.1) is 5.92 Å². The number of nitrogens with zero attached hydrogens (tertiary/aromatic N) is 1. The van der Waals surface area contributed by atoms with E-state index in [0.717, 1.165) is 5.56 Å². The number of hydrogen-bond acceptors (Lipinski definition) is 3. The van der Waals surface area contributed by atoms with Crippen molar-refractivity contribution in [2.24, 2.45) is 5.92 Å². The van der Waals surface area contributed by atoms with Crippen molar-refractivity contribution >= 4 is 0 Å². The second-order valence-electron chi connectivity index (χ2n) is 3.37. The van der Waals surface area contributed by atoms with Gasteiger partial charge < -0.3 is 9.84 Å². The van der Waals surface area contributed by atoms with Crippen molar-refractivity contribution in [3.8, 4) is 5.88 Å². The Hall–Kier alpha value is -1.09. The van der Waals surface area contributed by atoms with Gasteiger partial charge in [-0.1, -0.05) is 13.8 Å². The number of ether oxygens (including phenoxy) is 1. The average Bonchev–Trinajstić information content (AvgIpc) is 2.15. The van der Waals surface area contributed by atoms with Crippen LogP contribution in [0.2, 0.25) is 0 Å². The summed E-state index contributed by atoms with van der Waals surface area (Å²) in [4.78, 5) is 4.04. The van der Waals surface area contributed by atoms with Gasteiger partial charge >= 0.3 is 0 Å². The van der Waals surface area contributed by atoms with Gasteiger partial charge in [-0.15, -0.1) is 0 Å². The van der Waals surface area contributed by atoms with E-state index in [1.165, 1.54) is 0 Å². The smallest absolute Gasteiger partial charge is 0.213 e. The third-order valence-electron chi connectivity index (χ3n) is 1.54. The Morgan fingerprint density at radius 3 is 2.69 bits per heavy atom. The van der Waals surface area contributed by atoms with Crippen LogP contribution in [0.15, 0.2) is 18.3 Å². The molecule has 0 spiro atoms. The second kappa shape index (κ2) is 4.82. The van der Waals surface area contributed by atoms with E-state index in [2.05, 4.69) is 18.8 Å². The van der Waals surface area contributed by atoms with Crippen LogP contribution in [0.3, 0.4) is 0 Å². The van der Waals surface area contributed by atoms with E-state index in [1.807, 2.05) is 6.07 Å². The molecule has 1 N–H and O–H groups in total. The van der Waals surface area contributed by atoms with Crippen LogP contribution < -0.4 is 4.74 Å². The van der Waals surface area contributed by atoms with Crippen molar-refractivity contribution in [1.82, 2.24) is 4.98 Å². The van der Waals surface area contributed by atoms with Gasteiger partial charge in [-0.2, -0.15) is 0 Å². The molecule has 1 rings (SSSR count). The average molecular weight is 181 g/mol. The molecule has 0 fully saturated rings. The van der Waals surface area contributed by atoms with Gasteiger partial charge in [0, 0.05) is 12.3 Å². The first-order valence-corrected chi connectivity index (χ1v) is 4.41. The van der Waals surface area contributed by atoms with Crippen molar-refractivity contribution in [2.75, 3.05) is 6.61 Å². The SMILES string of the molecule is CC(C)COc1ccc(CO)cn1. The summed E-state index contributed by atoms with van der Waals surface area (Å²) in [5.41, 5.74) is 0.803. The van der Waals surface area contributed by atoms with Crippen LogP contribution in [0.1, 0.15) is 19.4 Å². The molecular weight excluding hydrogens is 166 g/mol. The van der Waals surface area contributed by atoms with E-state index < -0.39 is 0 Å². The zero-order valence-electron chi connectivity index (χ0n) is 8.03. The van der Waals surface area contributed by atoms with Crippen molar-refractivity contribution in [1.29, 1.82) is 0 Å². The summed E-state index contributed by atoms with van der Waals surface area (Å²) in [6.07, 6.45) is 1.62. The van der Waals surface area contributed by atoms with Crippen molar-refractivity contribution in [3.63, 3.8) is 0 Å². The minimum atomic E-state index is 0.0253.